The van der Waals surface area contributed by atoms with Crippen molar-refractivity contribution in [3.63, 3.8) is 0 Å². The average molecular weight is 342 g/mol. The maximum atomic E-state index is 12.3. The molecule has 0 spiro atoms. The quantitative estimate of drug-likeness (QED) is 0.351. The first-order valence-electron chi connectivity index (χ1n) is 8.75. The van der Waals surface area contributed by atoms with Crippen LogP contribution < -0.4 is 21.7 Å². The molecule has 7 heteroatoms. The summed E-state index contributed by atoms with van der Waals surface area (Å²) in [5, 5.41) is 8.58. The van der Waals surface area contributed by atoms with Crippen molar-refractivity contribution in [1.82, 2.24) is 16.0 Å². The Kier molecular flexibility index (Phi) is 12.1. The van der Waals surface area contributed by atoms with Crippen molar-refractivity contribution in [3.8, 4) is 0 Å². The van der Waals surface area contributed by atoms with Crippen LogP contribution in [-0.2, 0) is 9.59 Å². The number of carbonyl (C=O) groups is 3. The highest BCUT2D eigenvalue weighted by Crippen LogP contribution is 2.09. The van der Waals surface area contributed by atoms with E-state index in [-0.39, 0.29) is 30.2 Å². The third-order valence-corrected chi connectivity index (χ3v) is 3.99. The first-order chi connectivity index (χ1) is 11.3. The van der Waals surface area contributed by atoms with Crippen LogP contribution in [0, 0.1) is 5.92 Å². The molecule has 2 atom stereocenters. The van der Waals surface area contributed by atoms with Crippen LogP contribution in [0.1, 0.15) is 52.9 Å². The molecule has 0 aliphatic carbocycles. The molecule has 2 amide bonds. The molecule has 0 heterocycles. The van der Waals surface area contributed by atoms with Crippen molar-refractivity contribution >= 4 is 17.6 Å². The second kappa shape index (κ2) is 12.9. The van der Waals surface area contributed by atoms with Gasteiger partial charge in [-0.05, 0) is 39.2 Å². The molecule has 0 fully saturated rings. The lowest BCUT2D eigenvalue weighted by atomic mass is 10.00. The molecule has 0 bridgehead atoms. The Balaban J connectivity index is 4.22. The Bertz CT molecular complexity index is 399. The summed E-state index contributed by atoms with van der Waals surface area (Å²) < 4.78 is 0. The van der Waals surface area contributed by atoms with Crippen LogP contribution in [0.5, 0.6) is 0 Å². The molecule has 0 saturated heterocycles. The molecule has 0 unspecified atom stereocenters. The van der Waals surface area contributed by atoms with Crippen molar-refractivity contribution in [2.75, 3.05) is 20.1 Å². The van der Waals surface area contributed by atoms with E-state index in [2.05, 4.69) is 29.8 Å². The van der Waals surface area contributed by atoms with Gasteiger partial charge < -0.3 is 21.7 Å². The number of hydrogen-bond donors (Lipinski definition) is 4. The number of nitrogens with two attached hydrogens (primary N) is 1. The van der Waals surface area contributed by atoms with Gasteiger partial charge >= 0.3 is 6.03 Å². The van der Waals surface area contributed by atoms with Crippen molar-refractivity contribution in [3.05, 3.63) is 0 Å². The van der Waals surface area contributed by atoms with Crippen LogP contribution in [-0.4, -0.2) is 49.8 Å². The summed E-state index contributed by atoms with van der Waals surface area (Å²) in [5.74, 6) is 0.692. The minimum absolute atomic E-state index is 0.0114. The standard InChI is InChI=1S/C17H34N4O3/c1-12(2)7-5-8-15(19-4)16(23)11-21-14(13(3)22)9-6-10-20-17(18)24/h12,14-15,19,21H,5-11H2,1-4H3,(H3,18,20,24)/t14-,15-/m0/s1. The number of nitrogens with one attached hydrogen (secondary N) is 3. The minimum atomic E-state index is -0.573. The molecular formula is C17H34N4O3. The van der Waals surface area contributed by atoms with Crippen LogP contribution in [0.25, 0.3) is 0 Å². The fourth-order valence-electron chi connectivity index (χ4n) is 2.51. The molecule has 0 aromatic heterocycles. The number of Topliss-reactive ketones (excluding diaryl/α,β-unsaturated/α-hetero) is 2. The lowest BCUT2D eigenvalue weighted by Crippen LogP contribution is -2.45. The maximum absolute atomic E-state index is 12.3. The van der Waals surface area contributed by atoms with E-state index in [1.165, 1.54) is 6.92 Å². The number of likely N-dealkylation sites (N-methyl/N-ethyl adjacent to an activating group) is 1. The number of urea groups is 1. The van der Waals surface area contributed by atoms with Gasteiger partial charge in [0, 0.05) is 6.54 Å². The molecule has 24 heavy (non-hydrogen) atoms. The Morgan fingerprint density at radius 1 is 1.00 bits per heavy atom. The number of hydrogen-bond acceptors (Lipinski definition) is 5. The van der Waals surface area contributed by atoms with E-state index in [0.29, 0.717) is 25.3 Å². The number of amides is 2. The van der Waals surface area contributed by atoms with Gasteiger partial charge in [-0.15, -0.1) is 0 Å². The van der Waals surface area contributed by atoms with E-state index in [1.54, 1.807) is 7.05 Å². The summed E-state index contributed by atoms with van der Waals surface area (Å²) in [6, 6.07) is -1.13. The van der Waals surface area contributed by atoms with E-state index in [1.807, 2.05) is 0 Å². The summed E-state index contributed by atoms with van der Waals surface area (Å²) in [6.07, 6.45) is 4.09. The van der Waals surface area contributed by atoms with Gasteiger partial charge in [-0.2, -0.15) is 0 Å². The predicted octanol–water partition coefficient (Wildman–Crippen LogP) is 0.966. The van der Waals surface area contributed by atoms with E-state index >= 15 is 0 Å². The first-order valence-corrected chi connectivity index (χ1v) is 8.75. The van der Waals surface area contributed by atoms with Gasteiger partial charge in [-0.1, -0.05) is 26.7 Å². The second-order valence-corrected chi connectivity index (χ2v) is 6.61. The molecule has 0 aromatic rings. The summed E-state index contributed by atoms with van der Waals surface area (Å²) in [6.45, 7) is 6.43. The Labute approximate surface area is 145 Å². The number of rotatable bonds is 14. The van der Waals surface area contributed by atoms with E-state index in [4.69, 9.17) is 5.73 Å². The fraction of sp³-hybridized carbons (Fsp3) is 0.824. The summed E-state index contributed by atoms with van der Waals surface area (Å²) in [4.78, 5) is 34.6. The average Bonchev–Trinajstić information content (AvgIpc) is 2.49. The molecule has 140 valence electrons. The first kappa shape index (κ1) is 22.5. The van der Waals surface area contributed by atoms with Gasteiger partial charge in [0.25, 0.3) is 0 Å². The molecule has 7 nitrogen and oxygen atoms in total. The van der Waals surface area contributed by atoms with Gasteiger partial charge in [0.2, 0.25) is 0 Å². The van der Waals surface area contributed by atoms with Gasteiger partial charge in [0.05, 0.1) is 18.6 Å². The van der Waals surface area contributed by atoms with Gasteiger partial charge in [0.15, 0.2) is 5.78 Å². The molecule has 0 aliphatic heterocycles. The van der Waals surface area contributed by atoms with Gasteiger partial charge in [-0.25, -0.2) is 4.79 Å². The number of carbonyl (C=O) groups excluding carboxylic acids is 3. The highest BCUT2D eigenvalue weighted by Gasteiger charge is 2.19. The zero-order valence-electron chi connectivity index (χ0n) is 15.5. The summed E-state index contributed by atoms with van der Waals surface area (Å²) >= 11 is 0. The zero-order chi connectivity index (χ0) is 18.5. The van der Waals surface area contributed by atoms with Gasteiger partial charge in [-0.3, -0.25) is 9.59 Å². The lowest BCUT2D eigenvalue weighted by molar-refractivity contribution is -0.121. The van der Waals surface area contributed by atoms with Crippen molar-refractivity contribution in [2.45, 2.75) is 65.0 Å². The van der Waals surface area contributed by atoms with Crippen LogP contribution in [0.4, 0.5) is 4.79 Å². The van der Waals surface area contributed by atoms with Crippen LogP contribution in [0.3, 0.4) is 0 Å². The Morgan fingerprint density at radius 2 is 1.62 bits per heavy atom. The smallest absolute Gasteiger partial charge is 0.312 e. The Morgan fingerprint density at radius 3 is 2.12 bits per heavy atom. The van der Waals surface area contributed by atoms with Crippen LogP contribution in [0.2, 0.25) is 0 Å². The normalized spacial score (nSPS) is 13.5. The topological polar surface area (TPSA) is 113 Å². The van der Waals surface area contributed by atoms with E-state index < -0.39 is 6.03 Å². The molecular weight excluding hydrogens is 308 g/mol. The molecule has 0 saturated carbocycles. The van der Waals surface area contributed by atoms with Crippen molar-refractivity contribution in [1.29, 1.82) is 0 Å². The zero-order valence-corrected chi connectivity index (χ0v) is 15.5. The largest absolute Gasteiger partial charge is 0.352 e. The molecule has 0 aliphatic rings. The highest BCUT2D eigenvalue weighted by atomic mass is 16.2. The monoisotopic (exact) mass is 342 g/mol. The van der Waals surface area contributed by atoms with Crippen molar-refractivity contribution < 1.29 is 14.4 Å². The van der Waals surface area contributed by atoms with Crippen molar-refractivity contribution in [2.24, 2.45) is 11.7 Å². The molecule has 5 N–H and O–H groups in total. The third kappa shape index (κ3) is 11.1. The fourth-order valence-corrected chi connectivity index (χ4v) is 2.51. The summed E-state index contributed by atoms with van der Waals surface area (Å²) in [7, 11) is 1.79. The van der Waals surface area contributed by atoms with E-state index in [9.17, 15) is 14.4 Å². The van der Waals surface area contributed by atoms with Crippen LogP contribution >= 0.6 is 0 Å². The summed E-state index contributed by atoms with van der Waals surface area (Å²) in [5.41, 5.74) is 4.99. The van der Waals surface area contributed by atoms with Crippen LogP contribution in [0.15, 0.2) is 0 Å². The third-order valence-electron chi connectivity index (χ3n) is 3.99. The Hall–Kier alpha value is -1.47. The lowest BCUT2D eigenvalue weighted by Gasteiger charge is -2.19. The molecule has 0 radical (unpaired) electrons. The maximum Gasteiger partial charge on any atom is 0.312 e. The minimum Gasteiger partial charge on any atom is -0.352 e. The number of primary amides is 1. The SMILES string of the molecule is CN[C@@H](CCCC(C)C)C(=O)CN[C@@H](CCCNC(N)=O)C(C)=O. The predicted molar refractivity (Wildman–Crippen MR) is 95.8 cm³/mol. The molecule has 0 rings (SSSR count). The molecule has 0 aromatic carbocycles. The highest BCUT2D eigenvalue weighted by molar-refractivity contribution is 5.87. The van der Waals surface area contributed by atoms with Gasteiger partial charge in [0.1, 0.15) is 5.78 Å². The number of ketones is 2. The second-order valence-electron chi connectivity index (χ2n) is 6.61. The van der Waals surface area contributed by atoms with E-state index in [0.717, 1.165) is 19.3 Å².